The van der Waals surface area contributed by atoms with Crippen LogP contribution in [0, 0.1) is 37.5 Å². The van der Waals surface area contributed by atoms with Crippen molar-refractivity contribution in [1.29, 1.82) is 0 Å². The normalized spacial score (nSPS) is 26.3. The molecule has 0 heterocycles. The Kier molecular flexibility index (Phi) is 7.16. The lowest BCUT2D eigenvalue weighted by Crippen LogP contribution is -2.31. The highest BCUT2D eigenvalue weighted by Gasteiger charge is 2.37. The Morgan fingerprint density at radius 1 is 0.857 bits per heavy atom. The Labute approximate surface area is 254 Å². The minimum atomic E-state index is 0.532. The van der Waals surface area contributed by atoms with Gasteiger partial charge in [0, 0.05) is 5.92 Å². The van der Waals surface area contributed by atoms with E-state index in [4.69, 9.17) is 0 Å². The van der Waals surface area contributed by atoms with Crippen LogP contribution in [0.2, 0.25) is 0 Å². The number of allylic oxidation sites excluding steroid dienone is 4. The second-order valence-electron chi connectivity index (χ2n) is 14.6. The van der Waals surface area contributed by atoms with Crippen molar-refractivity contribution in [2.24, 2.45) is 23.7 Å². The van der Waals surface area contributed by atoms with E-state index in [-0.39, 0.29) is 0 Å². The van der Waals surface area contributed by atoms with Crippen molar-refractivity contribution in [2.45, 2.75) is 91.9 Å². The molecular weight excluding hydrogens is 504 g/mol. The number of aryl methyl sites for hydroxylation is 2. The molecule has 216 valence electrons. The maximum Gasteiger partial charge on any atom is 0.000174 e. The summed E-state index contributed by atoms with van der Waals surface area (Å²) in [6.07, 6.45) is 15.7. The van der Waals surface area contributed by atoms with E-state index >= 15 is 0 Å². The summed E-state index contributed by atoms with van der Waals surface area (Å²) in [6, 6.07) is 19.0. The SMILES string of the molecule is C=C(C)Cc1c(C)cc2c(c1-c1ccc(C)cc1)CC(c1ccc3c(c1)C(C1CCC(C4CC(C)C4)CC1)=CC3C)=C2. The molecule has 2 fully saturated rings. The Bertz CT molecular complexity index is 1590. The molecule has 7 rings (SSSR count). The smallest absolute Gasteiger partial charge is 0.000174 e. The fourth-order valence-electron chi connectivity index (χ4n) is 8.92. The molecule has 4 aliphatic carbocycles. The largest absolute Gasteiger partial charge is 0.0998 e. The predicted molar refractivity (Wildman–Crippen MR) is 182 cm³/mol. The summed E-state index contributed by atoms with van der Waals surface area (Å²) in [6.45, 7) is 15.7. The summed E-state index contributed by atoms with van der Waals surface area (Å²) in [7, 11) is 0. The van der Waals surface area contributed by atoms with Crippen LogP contribution in [0.4, 0.5) is 0 Å². The van der Waals surface area contributed by atoms with Gasteiger partial charge < -0.3 is 0 Å². The maximum atomic E-state index is 4.29. The number of rotatable bonds is 6. The predicted octanol–water partition coefficient (Wildman–Crippen LogP) is 11.5. The third kappa shape index (κ3) is 4.96. The molecule has 1 atom stereocenters. The zero-order valence-electron chi connectivity index (χ0n) is 26.5. The average Bonchev–Trinajstić information content (AvgIpc) is 3.53. The van der Waals surface area contributed by atoms with Gasteiger partial charge in [-0.1, -0.05) is 86.2 Å². The first kappa shape index (κ1) is 27.7. The lowest BCUT2D eigenvalue weighted by molar-refractivity contribution is 0.101. The van der Waals surface area contributed by atoms with Gasteiger partial charge in [0.2, 0.25) is 0 Å². The van der Waals surface area contributed by atoms with Gasteiger partial charge in [0.25, 0.3) is 0 Å². The van der Waals surface area contributed by atoms with Gasteiger partial charge >= 0.3 is 0 Å². The van der Waals surface area contributed by atoms with Gasteiger partial charge in [-0.3, -0.25) is 0 Å². The standard InChI is InChI=1S/C42H48/c1-25(2)17-38-28(5)20-36-22-35(24-40(36)42(38)32-9-7-26(3)8-10-32)33-15-16-37-29(6)21-39(41(37)23-33)31-13-11-30(12-14-31)34-18-27(4)19-34/h7-10,15-16,20-23,27,29-31,34H,1,11-14,17-19,24H2,2-6H3. The summed E-state index contributed by atoms with van der Waals surface area (Å²) in [5, 5.41) is 0. The highest BCUT2D eigenvalue weighted by Crippen LogP contribution is 2.50. The minimum absolute atomic E-state index is 0.532. The molecule has 0 nitrogen and oxygen atoms in total. The fourth-order valence-corrected chi connectivity index (χ4v) is 8.92. The average molecular weight is 553 g/mol. The summed E-state index contributed by atoms with van der Waals surface area (Å²) < 4.78 is 0. The van der Waals surface area contributed by atoms with Gasteiger partial charge in [-0.25, -0.2) is 0 Å². The Balaban J connectivity index is 1.18. The highest BCUT2D eigenvalue weighted by atomic mass is 14.4. The van der Waals surface area contributed by atoms with Crippen molar-refractivity contribution in [1.82, 2.24) is 0 Å². The zero-order valence-corrected chi connectivity index (χ0v) is 26.5. The summed E-state index contributed by atoms with van der Waals surface area (Å²) in [5.74, 6) is 4.27. The van der Waals surface area contributed by atoms with Crippen LogP contribution in [-0.2, 0) is 12.8 Å². The first-order valence-electron chi connectivity index (χ1n) is 16.7. The minimum Gasteiger partial charge on any atom is -0.0998 e. The Morgan fingerprint density at radius 2 is 1.57 bits per heavy atom. The number of fused-ring (bicyclic) bond motifs is 2. The molecule has 0 N–H and O–H groups in total. The Morgan fingerprint density at radius 3 is 2.26 bits per heavy atom. The van der Waals surface area contributed by atoms with E-state index in [1.807, 2.05) is 0 Å². The van der Waals surface area contributed by atoms with Gasteiger partial charge in [-0.15, -0.1) is 0 Å². The van der Waals surface area contributed by atoms with Crippen LogP contribution < -0.4 is 0 Å². The van der Waals surface area contributed by atoms with Crippen LogP contribution in [0.15, 0.2) is 66.8 Å². The van der Waals surface area contributed by atoms with E-state index in [1.54, 1.807) is 16.7 Å². The molecule has 0 radical (unpaired) electrons. The molecule has 3 aromatic carbocycles. The van der Waals surface area contributed by atoms with Crippen molar-refractivity contribution >= 4 is 17.2 Å². The van der Waals surface area contributed by atoms with Crippen LogP contribution in [0.5, 0.6) is 0 Å². The lowest BCUT2D eigenvalue weighted by Gasteiger charge is -2.42. The van der Waals surface area contributed by atoms with Crippen LogP contribution in [-0.4, -0.2) is 0 Å². The quantitative estimate of drug-likeness (QED) is 0.267. The van der Waals surface area contributed by atoms with Crippen molar-refractivity contribution < 1.29 is 0 Å². The van der Waals surface area contributed by atoms with E-state index in [0.717, 1.165) is 36.5 Å². The third-order valence-electron chi connectivity index (χ3n) is 11.3. The number of hydrogen-bond donors (Lipinski definition) is 0. The highest BCUT2D eigenvalue weighted by molar-refractivity contribution is 5.94. The van der Waals surface area contributed by atoms with Gasteiger partial charge in [-0.2, -0.15) is 0 Å². The second kappa shape index (κ2) is 10.9. The third-order valence-corrected chi connectivity index (χ3v) is 11.3. The topological polar surface area (TPSA) is 0 Å². The molecule has 0 aliphatic heterocycles. The monoisotopic (exact) mass is 552 g/mol. The molecule has 1 unspecified atom stereocenters. The maximum absolute atomic E-state index is 4.29. The summed E-state index contributed by atoms with van der Waals surface area (Å²) in [4.78, 5) is 0. The van der Waals surface area contributed by atoms with Crippen molar-refractivity contribution in [3.05, 3.63) is 111 Å². The van der Waals surface area contributed by atoms with Crippen LogP contribution >= 0.6 is 0 Å². The van der Waals surface area contributed by atoms with E-state index < -0.39 is 0 Å². The van der Waals surface area contributed by atoms with Crippen LogP contribution in [0.1, 0.15) is 110 Å². The zero-order chi connectivity index (χ0) is 29.1. The molecule has 0 heteroatoms. The van der Waals surface area contributed by atoms with Gasteiger partial charge in [0.1, 0.15) is 0 Å². The van der Waals surface area contributed by atoms with Crippen molar-refractivity contribution in [2.75, 3.05) is 0 Å². The van der Waals surface area contributed by atoms with E-state index in [0.29, 0.717) is 5.92 Å². The summed E-state index contributed by atoms with van der Waals surface area (Å²) >= 11 is 0. The first-order valence-corrected chi connectivity index (χ1v) is 16.7. The molecule has 42 heavy (non-hydrogen) atoms. The van der Waals surface area contributed by atoms with Crippen molar-refractivity contribution in [3.63, 3.8) is 0 Å². The number of hydrogen-bond acceptors (Lipinski definition) is 0. The van der Waals surface area contributed by atoms with Gasteiger partial charge in [0.05, 0.1) is 0 Å². The van der Waals surface area contributed by atoms with Crippen LogP contribution in [0.3, 0.4) is 0 Å². The molecular formula is C42H48. The van der Waals surface area contributed by atoms with E-state index in [1.165, 1.54) is 94.2 Å². The second-order valence-corrected chi connectivity index (χ2v) is 14.6. The summed E-state index contributed by atoms with van der Waals surface area (Å²) in [5.41, 5.74) is 18.7. The molecule has 3 aromatic rings. The molecule has 2 saturated carbocycles. The van der Waals surface area contributed by atoms with E-state index in [2.05, 4.69) is 102 Å². The lowest BCUT2D eigenvalue weighted by atomic mass is 9.63. The fraction of sp³-hybridized carbons (Fsp3) is 0.429. The van der Waals surface area contributed by atoms with Crippen molar-refractivity contribution in [3.8, 4) is 11.1 Å². The van der Waals surface area contributed by atoms with Gasteiger partial charge in [-0.05, 0) is 163 Å². The van der Waals surface area contributed by atoms with Crippen LogP contribution in [0.25, 0.3) is 28.3 Å². The molecule has 4 aliphatic rings. The molecule has 0 spiro atoms. The molecule has 0 aromatic heterocycles. The molecule has 0 saturated heterocycles. The van der Waals surface area contributed by atoms with E-state index in [9.17, 15) is 0 Å². The first-order chi connectivity index (χ1) is 20.2. The van der Waals surface area contributed by atoms with Gasteiger partial charge in [0.15, 0.2) is 0 Å². The Hall–Kier alpha value is -3.12. The molecule has 0 amide bonds. The number of benzene rings is 3. The molecule has 0 bridgehead atoms.